The van der Waals surface area contributed by atoms with Crippen LogP contribution in [-0.2, 0) is 4.79 Å². The summed E-state index contributed by atoms with van der Waals surface area (Å²) < 4.78 is 0. The Labute approximate surface area is 191 Å². The number of likely N-dealkylation sites (tertiary alicyclic amines) is 1. The summed E-state index contributed by atoms with van der Waals surface area (Å²) in [7, 11) is 0. The van der Waals surface area contributed by atoms with Gasteiger partial charge >= 0.3 is 0 Å². The molecule has 2 fully saturated rings. The second-order valence-corrected chi connectivity index (χ2v) is 9.35. The number of rotatable bonds is 7. The van der Waals surface area contributed by atoms with Gasteiger partial charge in [0.2, 0.25) is 5.91 Å². The Bertz CT molecular complexity index is 973. The van der Waals surface area contributed by atoms with Gasteiger partial charge in [-0.05, 0) is 55.2 Å². The molecule has 1 saturated carbocycles. The zero-order valence-electron chi connectivity index (χ0n) is 19.0. The van der Waals surface area contributed by atoms with Gasteiger partial charge in [0.05, 0.1) is 0 Å². The largest absolute Gasteiger partial charge is 0.356 e. The van der Waals surface area contributed by atoms with Crippen molar-refractivity contribution >= 4 is 17.6 Å². The lowest BCUT2D eigenvalue weighted by Crippen LogP contribution is -2.41. The number of guanidine groups is 1. The molecule has 32 heavy (non-hydrogen) atoms. The van der Waals surface area contributed by atoms with Crippen LogP contribution in [0.3, 0.4) is 0 Å². The van der Waals surface area contributed by atoms with Gasteiger partial charge in [-0.2, -0.15) is 0 Å². The summed E-state index contributed by atoms with van der Waals surface area (Å²) in [5, 5.41) is 3.54. The molecule has 5 rings (SSSR count). The Balaban J connectivity index is 1.28. The van der Waals surface area contributed by atoms with Crippen LogP contribution in [0.1, 0.15) is 55.6 Å². The van der Waals surface area contributed by atoms with Crippen molar-refractivity contribution in [3.05, 3.63) is 65.7 Å². The number of hydrogen-bond acceptors (Lipinski definition) is 2. The molecule has 2 aromatic rings. The Morgan fingerprint density at radius 2 is 1.94 bits per heavy atom. The number of benzene rings is 2. The van der Waals surface area contributed by atoms with E-state index in [-0.39, 0.29) is 0 Å². The maximum atomic E-state index is 12.1. The van der Waals surface area contributed by atoms with Crippen molar-refractivity contribution in [2.45, 2.75) is 44.4 Å². The normalized spacial score (nSPS) is 24.7. The van der Waals surface area contributed by atoms with E-state index in [0.717, 1.165) is 57.9 Å². The van der Waals surface area contributed by atoms with Crippen molar-refractivity contribution in [1.29, 1.82) is 0 Å². The molecule has 0 spiro atoms. The lowest BCUT2D eigenvalue weighted by molar-refractivity contribution is -0.127. The minimum atomic E-state index is 0.320. The third-order valence-electron chi connectivity index (χ3n) is 7.21. The molecule has 1 aliphatic carbocycles. The predicted octanol–water partition coefficient (Wildman–Crippen LogP) is 4.37. The first-order valence-corrected chi connectivity index (χ1v) is 12.2. The third kappa shape index (κ3) is 4.38. The topological polar surface area (TPSA) is 47.9 Å². The average Bonchev–Trinajstić information content (AvgIpc) is 3.35. The molecule has 168 valence electrons. The van der Waals surface area contributed by atoms with E-state index in [1.807, 2.05) is 4.90 Å². The molecule has 3 atom stereocenters. The molecular formula is C27H34N4O. The van der Waals surface area contributed by atoms with E-state index >= 15 is 0 Å². The molecule has 3 aliphatic rings. The highest BCUT2D eigenvalue weighted by Crippen LogP contribution is 2.47. The Kier molecular flexibility index (Phi) is 6.15. The highest BCUT2D eigenvalue weighted by atomic mass is 16.2. The summed E-state index contributed by atoms with van der Waals surface area (Å²) in [5.74, 6) is 3.04. The molecule has 5 nitrogen and oxygen atoms in total. The summed E-state index contributed by atoms with van der Waals surface area (Å²) in [6.45, 7) is 6.58. The summed E-state index contributed by atoms with van der Waals surface area (Å²) in [6, 6.07) is 19.6. The van der Waals surface area contributed by atoms with Gasteiger partial charge < -0.3 is 15.1 Å². The Morgan fingerprint density at radius 3 is 2.72 bits per heavy atom. The van der Waals surface area contributed by atoms with E-state index in [1.54, 1.807) is 0 Å². The number of nitrogens with zero attached hydrogens (tertiary/aromatic N) is 3. The van der Waals surface area contributed by atoms with Crippen molar-refractivity contribution in [2.24, 2.45) is 10.9 Å². The van der Waals surface area contributed by atoms with Crippen molar-refractivity contribution in [1.82, 2.24) is 10.2 Å². The average molecular weight is 431 g/mol. The first kappa shape index (κ1) is 21.0. The van der Waals surface area contributed by atoms with E-state index in [4.69, 9.17) is 4.99 Å². The minimum Gasteiger partial charge on any atom is -0.356 e. The standard InChI is InChI=1S/C27H34N4O/c1-2-28-27(29-18-22-17-24(22)20-9-4-3-5-10-20)31-19-21(23-11-6-7-12-25(23)31)14-16-30-15-8-13-26(30)32/h3-7,9-12,21-22,24H,2,8,13-19H2,1H3,(H,28,29). The summed E-state index contributed by atoms with van der Waals surface area (Å²) in [4.78, 5) is 21.5. The molecule has 0 bridgehead atoms. The smallest absolute Gasteiger partial charge is 0.222 e. The zero-order valence-corrected chi connectivity index (χ0v) is 19.0. The predicted molar refractivity (Wildman–Crippen MR) is 130 cm³/mol. The van der Waals surface area contributed by atoms with E-state index < -0.39 is 0 Å². The number of amides is 1. The van der Waals surface area contributed by atoms with Crippen LogP contribution in [-0.4, -0.2) is 49.5 Å². The fraction of sp³-hybridized carbons (Fsp3) is 0.481. The Hall–Kier alpha value is -2.82. The third-order valence-corrected chi connectivity index (χ3v) is 7.21. The number of anilines is 1. The van der Waals surface area contributed by atoms with Crippen LogP contribution < -0.4 is 10.2 Å². The van der Waals surface area contributed by atoms with Crippen LogP contribution in [0.25, 0.3) is 0 Å². The van der Waals surface area contributed by atoms with Crippen LogP contribution in [0, 0.1) is 5.92 Å². The van der Waals surface area contributed by atoms with Crippen molar-refractivity contribution in [3.63, 3.8) is 0 Å². The van der Waals surface area contributed by atoms with Gasteiger partial charge in [-0.25, -0.2) is 0 Å². The van der Waals surface area contributed by atoms with Crippen LogP contribution in [0.2, 0.25) is 0 Å². The van der Waals surface area contributed by atoms with Gasteiger partial charge in [-0.15, -0.1) is 0 Å². The minimum absolute atomic E-state index is 0.320. The first-order valence-electron chi connectivity index (χ1n) is 12.2. The number of aliphatic imine (C=N–C) groups is 1. The number of para-hydroxylation sites is 1. The number of hydrogen-bond donors (Lipinski definition) is 1. The van der Waals surface area contributed by atoms with Crippen LogP contribution in [0.5, 0.6) is 0 Å². The number of nitrogens with one attached hydrogen (secondary N) is 1. The van der Waals surface area contributed by atoms with Crippen molar-refractivity contribution < 1.29 is 4.79 Å². The fourth-order valence-corrected chi connectivity index (χ4v) is 5.35. The van der Waals surface area contributed by atoms with E-state index in [0.29, 0.717) is 23.7 Å². The molecule has 1 N–H and O–H groups in total. The van der Waals surface area contributed by atoms with Crippen LogP contribution in [0.4, 0.5) is 5.69 Å². The fourth-order valence-electron chi connectivity index (χ4n) is 5.35. The summed E-state index contributed by atoms with van der Waals surface area (Å²) in [5.41, 5.74) is 4.10. The first-order chi connectivity index (χ1) is 15.7. The molecule has 2 heterocycles. The lowest BCUT2D eigenvalue weighted by Gasteiger charge is -2.23. The molecule has 5 heteroatoms. The highest BCUT2D eigenvalue weighted by molar-refractivity contribution is 5.98. The van der Waals surface area contributed by atoms with Gasteiger partial charge in [0.25, 0.3) is 0 Å². The number of carbonyl (C=O) groups excluding carboxylic acids is 1. The zero-order chi connectivity index (χ0) is 21.9. The summed E-state index contributed by atoms with van der Waals surface area (Å²) >= 11 is 0. The lowest BCUT2D eigenvalue weighted by atomic mass is 9.98. The molecule has 3 unspecified atom stereocenters. The number of fused-ring (bicyclic) bond motifs is 1. The second-order valence-electron chi connectivity index (χ2n) is 9.35. The quantitative estimate of drug-likeness (QED) is 0.524. The second kappa shape index (κ2) is 9.35. The van der Waals surface area contributed by atoms with Gasteiger partial charge in [0.1, 0.15) is 0 Å². The van der Waals surface area contributed by atoms with Crippen LogP contribution >= 0.6 is 0 Å². The van der Waals surface area contributed by atoms with E-state index in [2.05, 4.69) is 71.7 Å². The molecule has 2 aliphatic heterocycles. The van der Waals surface area contributed by atoms with Crippen LogP contribution in [0.15, 0.2) is 59.6 Å². The van der Waals surface area contributed by atoms with E-state index in [1.165, 1.54) is 23.2 Å². The monoisotopic (exact) mass is 430 g/mol. The van der Waals surface area contributed by atoms with Gasteiger partial charge in [-0.3, -0.25) is 9.79 Å². The van der Waals surface area contributed by atoms with E-state index in [9.17, 15) is 4.79 Å². The van der Waals surface area contributed by atoms with Crippen molar-refractivity contribution in [2.75, 3.05) is 37.6 Å². The van der Waals surface area contributed by atoms with Gasteiger partial charge in [0, 0.05) is 50.7 Å². The Morgan fingerprint density at radius 1 is 1.12 bits per heavy atom. The molecule has 0 radical (unpaired) electrons. The molecular weight excluding hydrogens is 396 g/mol. The maximum Gasteiger partial charge on any atom is 0.222 e. The van der Waals surface area contributed by atoms with Crippen molar-refractivity contribution in [3.8, 4) is 0 Å². The summed E-state index contributed by atoms with van der Waals surface area (Å²) in [6.07, 6.45) is 3.97. The van der Waals surface area contributed by atoms with Gasteiger partial charge in [-0.1, -0.05) is 48.5 Å². The molecule has 0 aromatic heterocycles. The number of carbonyl (C=O) groups is 1. The molecule has 1 saturated heterocycles. The molecule has 2 aromatic carbocycles. The van der Waals surface area contributed by atoms with Gasteiger partial charge in [0.15, 0.2) is 5.96 Å². The highest BCUT2D eigenvalue weighted by Gasteiger charge is 2.38. The molecule has 1 amide bonds. The SMILES string of the molecule is CCNC(=NCC1CC1c1ccccc1)N1CC(CCN2CCCC2=O)c2ccccc21. The maximum absolute atomic E-state index is 12.1.